The highest BCUT2D eigenvalue weighted by molar-refractivity contribution is 6.03. The molecule has 1 aliphatic carbocycles. The number of nitrogens with zero attached hydrogens (tertiary/aromatic N) is 4. The molecule has 28 heavy (non-hydrogen) atoms. The van der Waals surface area contributed by atoms with Gasteiger partial charge in [0.15, 0.2) is 5.78 Å². The highest BCUT2D eigenvalue weighted by Gasteiger charge is 2.30. The Balaban J connectivity index is 1.65. The van der Waals surface area contributed by atoms with Crippen molar-refractivity contribution in [1.29, 1.82) is 0 Å². The minimum Gasteiger partial charge on any atom is -0.395 e. The summed E-state index contributed by atoms with van der Waals surface area (Å²) in [5, 5.41) is 12.5. The number of rotatable bonds is 5. The van der Waals surface area contributed by atoms with E-state index in [1.54, 1.807) is 0 Å². The fourth-order valence-corrected chi connectivity index (χ4v) is 3.96. The second kappa shape index (κ2) is 8.24. The number of carbonyl (C=O) groups is 1. The Kier molecular flexibility index (Phi) is 5.54. The summed E-state index contributed by atoms with van der Waals surface area (Å²) in [7, 11) is 0. The summed E-state index contributed by atoms with van der Waals surface area (Å²) in [6.07, 6.45) is 1.34. The fourth-order valence-electron chi connectivity index (χ4n) is 3.96. The number of anilines is 3. The van der Waals surface area contributed by atoms with Gasteiger partial charge in [0, 0.05) is 44.8 Å². The van der Waals surface area contributed by atoms with Crippen molar-refractivity contribution in [2.75, 3.05) is 49.5 Å². The molecule has 0 radical (unpaired) electrons. The molecule has 7 heteroatoms. The molecule has 0 saturated carbocycles. The zero-order chi connectivity index (χ0) is 19.5. The van der Waals surface area contributed by atoms with E-state index >= 15 is 0 Å². The van der Waals surface area contributed by atoms with Gasteiger partial charge >= 0.3 is 0 Å². The highest BCUT2D eigenvalue weighted by atomic mass is 16.3. The number of fused-ring (bicyclic) bond motifs is 1. The zero-order valence-electron chi connectivity index (χ0n) is 16.3. The van der Waals surface area contributed by atoms with Crippen molar-refractivity contribution in [2.45, 2.75) is 19.8 Å². The lowest BCUT2D eigenvalue weighted by molar-refractivity contribution is 0.0952. The van der Waals surface area contributed by atoms with Crippen LogP contribution in [0.25, 0.3) is 0 Å². The van der Waals surface area contributed by atoms with Gasteiger partial charge in [0.25, 0.3) is 0 Å². The molecule has 0 spiro atoms. The van der Waals surface area contributed by atoms with Crippen LogP contribution in [0.2, 0.25) is 0 Å². The number of aliphatic hydroxyl groups excluding tert-OH is 1. The number of carbonyl (C=O) groups excluding carboxylic acids is 1. The Hall–Kier alpha value is -2.51. The minimum absolute atomic E-state index is 0.117. The molecule has 4 rings (SSSR count). The highest BCUT2D eigenvalue weighted by Crippen LogP contribution is 2.32. The molecular weight excluding hydrogens is 354 g/mol. The van der Waals surface area contributed by atoms with E-state index in [-0.39, 0.29) is 12.4 Å². The van der Waals surface area contributed by atoms with Gasteiger partial charge in [-0.1, -0.05) is 25.1 Å². The molecule has 2 heterocycles. The monoisotopic (exact) mass is 381 g/mol. The second-order valence-corrected chi connectivity index (χ2v) is 7.67. The third-order valence-corrected chi connectivity index (χ3v) is 5.43. The van der Waals surface area contributed by atoms with E-state index in [0.29, 0.717) is 36.2 Å². The molecule has 1 atom stereocenters. The number of hydrogen-bond acceptors (Lipinski definition) is 7. The van der Waals surface area contributed by atoms with Crippen molar-refractivity contribution in [3.8, 4) is 0 Å². The van der Waals surface area contributed by atoms with Crippen LogP contribution in [0.1, 0.15) is 29.4 Å². The maximum atomic E-state index is 12.7. The van der Waals surface area contributed by atoms with Gasteiger partial charge in [-0.05, 0) is 24.5 Å². The standard InChI is InChI=1S/C21H27N5O2/c1-15-13-17-19(18(28)14-15)20(22-16-5-3-2-4-6-16)24-21(23-17)26-9-7-25(8-10-26)11-12-27/h2-6,15,27H,7-14H2,1H3,(H,22,23,24)/t15-/m1/s1. The van der Waals surface area contributed by atoms with E-state index in [0.717, 1.165) is 44.0 Å². The van der Waals surface area contributed by atoms with Crippen LogP contribution in [0, 0.1) is 5.92 Å². The van der Waals surface area contributed by atoms with Crippen molar-refractivity contribution < 1.29 is 9.90 Å². The number of nitrogens with one attached hydrogen (secondary N) is 1. The molecule has 7 nitrogen and oxygen atoms in total. The van der Waals surface area contributed by atoms with Crippen molar-refractivity contribution in [2.24, 2.45) is 5.92 Å². The Labute approximate surface area is 165 Å². The van der Waals surface area contributed by atoms with Crippen molar-refractivity contribution >= 4 is 23.2 Å². The van der Waals surface area contributed by atoms with Crippen LogP contribution in [0.5, 0.6) is 0 Å². The first kappa shape index (κ1) is 18.8. The van der Waals surface area contributed by atoms with Gasteiger partial charge in [0.1, 0.15) is 5.82 Å². The Morgan fingerprint density at radius 2 is 1.86 bits per heavy atom. The van der Waals surface area contributed by atoms with Gasteiger partial charge in [-0.3, -0.25) is 9.69 Å². The summed E-state index contributed by atoms with van der Waals surface area (Å²) in [5.74, 6) is 1.71. The number of aliphatic hydroxyl groups is 1. The first-order chi connectivity index (χ1) is 13.6. The fraction of sp³-hybridized carbons (Fsp3) is 0.476. The molecule has 1 aromatic carbocycles. The number of para-hydroxylation sites is 1. The lowest BCUT2D eigenvalue weighted by Crippen LogP contribution is -2.48. The molecule has 148 valence electrons. The normalized spacial score (nSPS) is 20.1. The number of β-amino-alcohol motifs (C(OH)–C–C–N with tert-alkyl or cyclic N) is 1. The largest absolute Gasteiger partial charge is 0.395 e. The van der Waals surface area contributed by atoms with Crippen LogP contribution in [0.3, 0.4) is 0 Å². The molecule has 2 N–H and O–H groups in total. The van der Waals surface area contributed by atoms with Crippen LogP contribution in [-0.4, -0.2) is 65.1 Å². The topological polar surface area (TPSA) is 81.6 Å². The lowest BCUT2D eigenvalue weighted by atomic mass is 9.87. The molecule has 0 amide bonds. The zero-order valence-corrected chi connectivity index (χ0v) is 16.3. The molecule has 1 aliphatic heterocycles. The summed E-state index contributed by atoms with van der Waals surface area (Å²) in [4.78, 5) is 26.7. The average Bonchev–Trinajstić information content (AvgIpc) is 2.69. The number of aromatic nitrogens is 2. The molecule has 2 aliphatic rings. The van der Waals surface area contributed by atoms with Gasteiger partial charge < -0.3 is 15.3 Å². The predicted molar refractivity (Wildman–Crippen MR) is 109 cm³/mol. The maximum Gasteiger partial charge on any atom is 0.227 e. The predicted octanol–water partition coefficient (Wildman–Crippen LogP) is 2.10. The summed E-state index contributed by atoms with van der Waals surface area (Å²) >= 11 is 0. The van der Waals surface area contributed by atoms with E-state index in [2.05, 4.69) is 22.0 Å². The minimum atomic E-state index is 0.117. The van der Waals surface area contributed by atoms with E-state index in [4.69, 9.17) is 15.1 Å². The molecule has 2 aromatic rings. The van der Waals surface area contributed by atoms with Gasteiger partial charge in [-0.15, -0.1) is 0 Å². The van der Waals surface area contributed by atoms with Crippen LogP contribution in [0.4, 0.5) is 17.5 Å². The summed E-state index contributed by atoms with van der Waals surface area (Å²) < 4.78 is 0. The van der Waals surface area contributed by atoms with E-state index in [1.165, 1.54) is 0 Å². The van der Waals surface area contributed by atoms with Gasteiger partial charge in [-0.25, -0.2) is 4.98 Å². The molecule has 0 bridgehead atoms. The van der Waals surface area contributed by atoms with Gasteiger partial charge in [0.05, 0.1) is 17.9 Å². The molecule has 1 fully saturated rings. The van der Waals surface area contributed by atoms with E-state index in [9.17, 15) is 4.79 Å². The Morgan fingerprint density at radius 1 is 1.11 bits per heavy atom. The molecule has 1 saturated heterocycles. The number of piperazine rings is 1. The number of ketones is 1. The third-order valence-electron chi connectivity index (χ3n) is 5.43. The average molecular weight is 381 g/mol. The molecule has 1 aromatic heterocycles. The van der Waals surface area contributed by atoms with Crippen LogP contribution in [-0.2, 0) is 6.42 Å². The van der Waals surface area contributed by atoms with Crippen molar-refractivity contribution in [1.82, 2.24) is 14.9 Å². The number of hydrogen-bond donors (Lipinski definition) is 2. The van der Waals surface area contributed by atoms with Crippen molar-refractivity contribution in [3.63, 3.8) is 0 Å². The first-order valence-electron chi connectivity index (χ1n) is 9.98. The second-order valence-electron chi connectivity index (χ2n) is 7.67. The lowest BCUT2D eigenvalue weighted by Gasteiger charge is -2.35. The van der Waals surface area contributed by atoms with Crippen molar-refractivity contribution in [3.05, 3.63) is 41.6 Å². The van der Waals surface area contributed by atoms with Crippen LogP contribution >= 0.6 is 0 Å². The third kappa shape index (κ3) is 4.00. The number of benzene rings is 1. The summed E-state index contributed by atoms with van der Waals surface area (Å²) in [6, 6.07) is 9.82. The molecular formula is C21H27N5O2. The van der Waals surface area contributed by atoms with Crippen LogP contribution in [0.15, 0.2) is 30.3 Å². The Bertz CT molecular complexity index is 834. The Morgan fingerprint density at radius 3 is 2.57 bits per heavy atom. The first-order valence-corrected chi connectivity index (χ1v) is 9.98. The van der Waals surface area contributed by atoms with Gasteiger partial charge in [-0.2, -0.15) is 4.98 Å². The van der Waals surface area contributed by atoms with Crippen LogP contribution < -0.4 is 10.2 Å². The molecule has 0 unspecified atom stereocenters. The summed E-state index contributed by atoms with van der Waals surface area (Å²) in [5.41, 5.74) is 2.41. The maximum absolute atomic E-state index is 12.7. The van der Waals surface area contributed by atoms with E-state index < -0.39 is 0 Å². The van der Waals surface area contributed by atoms with E-state index in [1.807, 2.05) is 30.3 Å². The summed E-state index contributed by atoms with van der Waals surface area (Å²) in [6.45, 7) is 6.35. The smallest absolute Gasteiger partial charge is 0.227 e. The SMILES string of the molecule is C[C@H]1CC(=O)c2c(nc(N3CCN(CCO)CC3)nc2Nc2ccccc2)C1. The number of Topliss-reactive ketones (excluding diaryl/α,β-unsaturated/α-hetero) is 1. The van der Waals surface area contributed by atoms with Gasteiger partial charge in [0.2, 0.25) is 5.95 Å². The quantitative estimate of drug-likeness (QED) is 0.821.